The first-order valence-corrected chi connectivity index (χ1v) is 3.92. The van der Waals surface area contributed by atoms with Gasteiger partial charge in [0.2, 0.25) is 0 Å². The van der Waals surface area contributed by atoms with Crippen molar-refractivity contribution in [3.8, 4) is 0 Å². The second kappa shape index (κ2) is 3.45. The maximum absolute atomic E-state index is 2.30. The lowest BCUT2D eigenvalue weighted by Gasteiger charge is -2.17. The van der Waals surface area contributed by atoms with Crippen LogP contribution in [0.15, 0.2) is 23.9 Å². The van der Waals surface area contributed by atoms with Gasteiger partial charge in [0.1, 0.15) is 0 Å². The number of nitrogens with zero attached hydrogens (tertiary/aromatic N) is 1. The highest BCUT2D eigenvalue weighted by molar-refractivity contribution is 5.24. The Labute approximate surface area is 63.0 Å². The highest BCUT2D eigenvalue weighted by Crippen LogP contribution is 2.11. The van der Waals surface area contributed by atoms with Gasteiger partial charge in [-0.15, -0.1) is 0 Å². The van der Waals surface area contributed by atoms with Crippen molar-refractivity contribution in [2.45, 2.75) is 19.8 Å². The molecule has 0 amide bonds. The average molecular weight is 137 g/mol. The van der Waals surface area contributed by atoms with E-state index in [1.807, 2.05) is 0 Å². The predicted molar refractivity (Wildman–Crippen MR) is 44.8 cm³/mol. The molecule has 1 aliphatic carbocycles. The van der Waals surface area contributed by atoms with Gasteiger partial charge in [-0.2, -0.15) is 0 Å². The Balaban J connectivity index is 2.40. The summed E-state index contributed by atoms with van der Waals surface area (Å²) in [5.74, 6) is 0. The van der Waals surface area contributed by atoms with Crippen LogP contribution in [0.25, 0.3) is 0 Å². The van der Waals surface area contributed by atoms with Crippen LogP contribution >= 0.6 is 0 Å². The van der Waals surface area contributed by atoms with Gasteiger partial charge in [-0.1, -0.05) is 19.1 Å². The van der Waals surface area contributed by atoms with Crippen LogP contribution in [-0.2, 0) is 0 Å². The first kappa shape index (κ1) is 7.39. The zero-order valence-corrected chi connectivity index (χ0v) is 6.80. The summed E-state index contributed by atoms with van der Waals surface area (Å²) in [6.07, 6.45) is 8.98. The summed E-state index contributed by atoms with van der Waals surface area (Å²) in [5.41, 5.74) is 1.38. The summed E-state index contributed by atoms with van der Waals surface area (Å²) in [7, 11) is 2.14. The van der Waals surface area contributed by atoms with Crippen molar-refractivity contribution in [1.82, 2.24) is 4.90 Å². The van der Waals surface area contributed by atoms with E-state index in [4.69, 9.17) is 0 Å². The average Bonchev–Trinajstić information content (AvgIpc) is 2.38. The quantitative estimate of drug-likeness (QED) is 0.576. The Morgan fingerprint density at radius 3 is 2.90 bits per heavy atom. The molecule has 1 aliphatic rings. The molecule has 0 aromatic rings. The Morgan fingerprint density at radius 2 is 2.40 bits per heavy atom. The van der Waals surface area contributed by atoms with Gasteiger partial charge in [-0.25, -0.2) is 0 Å². The van der Waals surface area contributed by atoms with Crippen LogP contribution in [0.4, 0.5) is 0 Å². The van der Waals surface area contributed by atoms with Crippen molar-refractivity contribution in [2.24, 2.45) is 0 Å². The van der Waals surface area contributed by atoms with Crippen molar-refractivity contribution >= 4 is 0 Å². The molecule has 0 aromatic carbocycles. The third kappa shape index (κ3) is 1.63. The third-order valence-electron chi connectivity index (χ3n) is 1.75. The highest BCUT2D eigenvalue weighted by atomic mass is 15.1. The minimum absolute atomic E-state index is 1.11. The van der Waals surface area contributed by atoms with Gasteiger partial charge in [0.25, 0.3) is 0 Å². The standard InChI is InChI=1S/C9H15N/c1-3-8-10(2)9-6-4-5-7-9/h4,6-7H,3,5,8H2,1-2H3. The Hall–Kier alpha value is -0.720. The lowest BCUT2D eigenvalue weighted by molar-refractivity contribution is 0.430. The Morgan fingerprint density at radius 1 is 1.60 bits per heavy atom. The van der Waals surface area contributed by atoms with Crippen LogP contribution in [-0.4, -0.2) is 18.5 Å². The molecular weight excluding hydrogens is 122 g/mol. The number of rotatable bonds is 3. The van der Waals surface area contributed by atoms with Gasteiger partial charge in [0.05, 0.1) is 0 Å². The molecule has 0 unspecified atom stereocenters. The third-order valence-corrected chi connectivity index (χ3v) is 1.75. The number of hydrogen-bond donors (Lipinski definition) is 0. The van der Waals surface area contributed by atoms with E-state index in [-0.39, 0.29) is 0 Å². The first-order valence-electron chi connectivity index (χ1n) is 3.92. The number of hydrogen-bond acceptors (Lipinski definition) is 1. The molecule has 0 N–H and O–H groups in total. The van der Waals surface area contributed by atoms with Crippen molar-refractivity contribution in [1.29, 1.82) is 0 Å². The number of likely N-dealkylation sites (N-methyl/N-ethyl adjacent to an activating group) is 1. The molecule has 56 valence electrons. The molecule has 0 saturated heterocycles. The summed E-state index contributed by atoms with van der Waals surface area (Å²) in [4.78, 5) is 2.30. The zero-order chi connectivity index (χ0) is 7.40. The van der Waals surface area contributed by atoms with Crippen LogP contribution in [0.1, 0.15) is 19.8 Å². The van der Waals surface area contributed by atoms with Crippen LogP contribution in [0.3, 0.4) is 0 Å². The van der Waals surface area contributed by atoms with Gasteiger partial charge in [-0.3, -0.25) is 0 Å². The maximum Gasteiger partial charge on any atom is 0.0323 e. The molecule has 0 saturated carbocycles. The van der Waals surface area contributed by atoms with Crippen molar-refractivity contribution in [3.63, 3.8) is 0 Å². The van der Waals surface area contributed by atoms with E-state index >= 15 is 0 Å². The molecule has 0 atom stereocenters. The van der Waals surface area contributed by atoms with Gasteiger partial charge >= 0.3 is 0 Å². The summed E-state index contributed by atoms with van der Waals surface area (Å²) >= 11 is 0. The molecular formula is C9H15N. The number of allylic oxidation sites excluding steroid dienone is 3. The molecule has 0 spiro atoms. The molecule has 0 heterocycles. The fraction of sp³-hybridized carbons (Fsp3) is 0.556. The largest absolute Gasteiger partial charge is 0.375 e. The van der Waals surface area contributed by atoms with Crippen LogP contribution in [0.5, 0.6) is 0 Å². The van der Waals surface area contributed by atoms with Gasteiger partial charge < -0.3 is 4.90 Å². The van der Waals surface area contributed by atoms with E-state index in [0.29, 0.717) is 0 Å². The Kier molecular flexibility index (Phi) is 2.55. The normalized spacial score (nSPS) is 15.6. The summed E-state index contributed by atoms with van der Waals surface area (Å²) in [6, 6.07) is 0. The van der Waals surface area contributed by atoms with Gasteiger partial charge in [0.15, 0.2) is 0 Å². The van der Waals surface area contributed by atoms with Crippen LogP contribution in [0.2, 0.25) is 0 Å². The van der Waals surface area contributed by atoms with E-state index in [2.05, 4.69) is 37.1 Å². The van der Waals surface area contributed by atoms with E-state index < -0.39 is 0 Å². The molecule has 0 aromatic heterocycles. The van der Waals surface area contributed by atoms with Gasteiger partial charge in [0, 0.05) is 19.3 Å². The molecule has 1 heteroatoms. The van der Waals surface area contributed by atoms with Crippen LogP contribution in [0, 0.1) is 0 Å². The minimum atomic E-state index is 1.11. The molecule has 0 fully saturated rings. The zero-order valence-electron chi connectivity index (χ0n) is 6.80. The SMILES string of the molecule is CCCN(C)C1=CCC=C1. The van der Waals surface area contributed by atoms with Crippen molar-refractivity contribution in [2.75, 3.05) is 13.6 Å². The molecule has 10 heavy (non-hydrogen) atoms. The molecule has 1 rings (SSSR count). The van der Waals surface area contributed by atoms with E-state index in [1.54, 1.807) is 0 Å². The van der Waals surface area contributed by atoms with Crippen LogP contribution < -0.4 is 0 Å². The summed E-state index contributed by atoms with van der Waals surface area (Å²) in [5, 5.41) is 0. The fourth-order valence-corrected chi connectivity index (χ4v) is 1.19. The molecule has 1 nitrogen and oxygen atoms in total. The Bertz CT molecular complexity index is 156. The second-order valence-corrected chi connectivity index (χ2v) is 2.69. The minimum Gasteiger partial charge on any atom is -0.375 e. The first-order chi connectivity index (χ1) is 4.84. The molecule has 0 bridgehead atoms. The monoisotopic (exact) mass is 137 g/mol. The molecule has 0 radical (unpaired) electrons. The molecule has 0 aliphatic heterocycles. The highest BCUT2D eigenvalue weighted by Gasteiger charge is 2.01. The second-order valence-electron chi connectivity index (χ2n) is 2.69. The predicted octanol–water partition coefficient (Wildman–Crippen LogP) is 2.17. The lowest BCUT2D eigenvalue weighted by Crippen LogP contribution is -2.16. The van der Waals surface area contributed by atoms with E-state index in [0.717, 1.165) is 13.0 Å². The van der Waals surface area contributed by atoms with Crippen molar-refractivity contribution in [3.05, 3.63) is 23.9 Å². The van der Waals surface area contributed by atoms with Crippen molar-refractivity contribution < 1.29 is 0 Å². The lowest BCUT2D eigenvalue weighted by atomic mass is 10.3. The van der Waals surface area contributed by atoms with E-state index in [9.17, 15) is 0 Å². The maximum atomic E-state index is 2.30. The summed E-state index contributed by atoms with van der Waals surface area (Å²) < 4.78 is 0. The smallest absolute Gasteiger partial charge is 0.0323 e. The topological polar surface area (TPSA) is 3.24 Å². The van der Waals surface area contributed by atoms with E-state index in [1.165, 1.54) is 12.1 Å². The summed E-state index contributed by atoms with van der Waals surface area (Å²) in [6.45, 7) is 3.37. The van der Waals surface area contributed by atoms with Gasteiger partial charge in [-0.05, 0) is 18.9 Å². The fourth-order valence-electron chi connectivity index (χ4n) is 1.19.